The molecule has 1 nitrogen and oxygen atoms in total. The molecule has 122 valence electrons. The number of rotatable bonds is 10. The molecule has 0 aliphatic heterocycles. The van der Waals surface area contributed by atoms with Gasteiger partial charge in [0.2, 0.25) is 0 Å². The summed E-state index contributed by atoms with van der Waals surface area (Å²) in [6, 6.07) is 8.57. The van der Waals surface area contributed by atoms with E-state index in [0.29, 0.717) is 5.92 Å². The molecule has 3 heteroatoms. The number of thiazole rings is 1. The van der Waals surface area contributed by atoms with Gasteiger partial charge in [-0.25, -0.2) is 0 Å². The molecular weight excluding hydrogens is 393 g/mol. The van der Waals surface area contributed by atoms with E-state index in [1.165, 1.54) is 47.3 Å². The normalized spacial score (nSPS) is 13.1. The zero-order valence-corrected chi connectivity index (χ0v) is 18.6. The Morgan fingerprint density at radius 3 is 2.36 bits per heavy atom. The molecule has 2 rings (SSSR count). The first-order valence-electron chi connectivity index (χ1n) is 9.10. The van der Waals surface area contributed by atoms with E-state index in [0.717, 1.165) is 0 Å². The maximum absolute atomic E-state index is 4.86. The van der Waals surface area contributed by atoms with Crippen molar-refractivity contribution in [3.63, 3.8) is 0 Å². The summed E-state index contributed by atoms with van der Waals surface area (Å²) in [5, 5.41) is 1.36. The molecule has 0 N–H and O–H groups in total. The average molecular weight is 424 g/mol. The van der Waals surface area contributed by atoms with Crippen LogP contribution in [0.3, 0.4) is 0 Å². The van der Waals surface area contributed by atoms with Crippen LogP contribution < -0.4 is 0 Å². The fourth-order valence-electron chi connectivity index (χ4n) is 3.13. The zero-order valence-electron chi connectivity index (χ0n) is 14.5. The van der Waals surface area contributed by atoms with Crippen molar-refractivity contribution in [2.45, 2.75) is 72.1 Å². The summed E-state index contributed by atoms with van der Waals surface area (Å²) >= 11 is 0.663. The van der Waals surface area contributed by atoms with Crippen LogP contribution in [0.1, 0.15) is 63.8 Å². The summed E-state index contributed by atoms with van der Waals surface area (Å²) in [6.45, 7) is 7.07. The molecule has 0 spiro atoms. The molecule has 0 radical (unpaired) electrons. The Morgan fingerprint density at radius 1 is 1.05 bits per heavy atom. The van der Waals surface area contributed by atoms with Crippen molar-refractivity contribution in [3.05, 3.63) is 29.3 Å². The van der Waals surface area contributed by atoms with Gasteiger partial charge in [-0.3, -0.25) is 0 Å². The fraction of sp³-hybridized carbons (Fsp3) is 0.632. The third-order valence-electron chi connectivity index (χ3n) is 4.67. The molecule has 0 bridgehead atoms. The van der Waals surface area contributed by atoms with Crippen LogP contribution in [0, 0.1) is 0 Å². The van der Waals surface area contributed by atoms with Gasteiger partial charge in [-0.2, -0.15) is 0 Å². The van der Waals surface area contributed by atoms with Gasteiger partial charge in [0.15, 0.2) is 0 Å². The van der Waals surface area contributed by atoms with Crippen LogP contribution >= 0.6 is 11.3 Å². The van der Waals surface area contributed by atoms with Crippen LogP contribution in [0.15, 0.2) is 24.3 Å². The van der Waals surface area contributed by atoms with Crippen LogP contribution in [-0.4, -0.2) is 24.7 Å². The van der Waals surface area contributed by atoms with Crippen molar-refractivity contribution in [3.8, 4) is 0 Å². The molecule has 1 unspecified atom stereocenters. The molecule has 1 aromatic heterocycles. The number of aromatic nitrogens is 1. The van der Waals surface area contributed by atoms with Crippen molar-refractivity contribution >= 4 is 41.3 Å². The molecule has 1 aromatic carbocycles. The molecule has 0 amide bonds. The first-order chi connectivity index (χ1) is 10.7. The second-order valence-electron chi connectivity index (χ2n) is 6.65. The van der Waals surface area contributed by atoms with Gasteiger partial charge in [-0.15, -0.1) is 0 Å². The number of unbranched alkanes of at least 4 members (excludes halogenated alkanes) is 2. The van der Waals surface area contributed by atoms with Crippen LogP contribution in [-0.2, 0) is 0 Å². The van der Waals surface area contributed by atoms with Gasteiger partial charge < -0.3 is 0 Å². The molecule has 22 heavy (non-hydrogen) atoms. The van der Waals surface area contributed by atoms with Crippen molar-refractivity contribution in [2.24, 2.45) is 0 Å². The van der Waals surface area contributed by atoms with Crippen LogP contribution in [0.4, 0.5) is 0 Å². The molecular formula is C19H31NSSn. The molecule has 0 aliphatic carbocycles. The van der Waals surface area contributed by atoms with Gasteiger partial charge in [-0.05, 0) is 0 Å². The van der Waals surface area contributed by atoms with E-state index in [4.69, 9.17) is 4.98 Å². The van der Waals surface area contributed by atoms with Crippen LogP contribution in [0.5, 0.6) is 0 Å². The number of para-hydroxylation sites is 1. The van der Waals surface area contributed by atoms with Gasteiger partial charge in [0.1, 0.15) is 0 Å². The zero-order chi connectivity index (χ0) is 15.8. The number of fused-ring (bicyclic) bond motifs is 1. The number of nitrogens with zero attached hydrogens (tertiary/aromatic N) is 1. The molecule has 2 aromatic rings. The van der Waals surface area contributed by atoms with E-state index in [1.54, 1.807) is 13.3 Å². The van der Waals surface area contributed by atoms with Gasteiger partial charge in [0.25, 0.3) is 0 Å². The Kier molecular flexibility index (Phi) is 8.23. The molecule has 0 aliphatic rings. The summed E-state index contributed by atoms with van der Waals surface area (Å²) < 4.78 is 6.19. The van der Waals surface area contributed by atoms with E-state index < -0.39 is 19.8 Å². The van der Waals surface area contributed by atoms with E-state index in [-0.39, 0.29) is 0 Å². The van der Waals surface area contributed by atoms with Crippen LogP contribution in [0.25, 0.3) is 10.2 Å². The van der Waals surface area contributed by atoms with Crippen molar-refractivity contribution in [1.29, 1.82) is 0 Å². The summed E-state index contributed by atoms with van der Waals surface area (Å²) in [7, 11) is 0. The van der Waals surface area contributed by atoms with Gasteiger partial charge >= 0.3 is 148 Å². The average Bonchev–Trinajstić information content (AvgIpc) is 2.98. The molecule has 0 fully saturated rings. The monoisotopic (exact) mass is 425 g/mol. The predicted octanol–water partition coefficient (Wildman–Crippen LogP) is 6.62. The standard InChI is InChI=1S/C11H12NS.2C4H9.Sn.H/c1-3-8(2)11-12-9-6-4-5-7-10(9)13-11;2*1-3-4-2;;/h4-8H,1,3H2,2H3;2*1,3-4H2,2H3;;. The minimum absolute atomic E-state index is 0.653. The summed E-state index contributed by atoms with van der Waals surface area (Å²) in [6.07, 6.45) is 7.12. The van der Waals surface area contributed by atoms with E-state index in [1.807, 2.05) is 11.3 Å². The summed E-state index contributed by atoms with van der Waals surface area (Å²) in [4.78, 5) is 4.86. The molecule has 1 atom stereocenters. The molecule has 0 saturated carbocycles. The first-order valence-corrected chi connectivity index (χ1v) is 16.9. The maximum atomic E-state index is 4.86. The van der Waals surface area contributed by atoms with Crippen molar-refractivity contribution in [2.75, 3.05) is 0 Å². The SMILES string of the molecule is CCC[CH2][SnH]([CH2]CCC)[CH2]CC(C)c1nc2ccccc2s1. The quantitative estimate of drug-likeness (QED) is 0.391. The Labute approximate surface area is 147 Å². The topological polar surface area (TPSA) is 12.9 Å². The fourth-order valence-corrected chi connectivity index (χ4v) is 15.1. The third-order valence-corrected chi connectivity index (χ3v) is 16.2. The van der Waals surface area contributed by atoms with E-state index in [2.05, 4.69) is 45.0 Å². The second-order valence-corrected chi connectivity index (χ2v) is 17.6. The Morgan fingerprint density at radius 2 is 1.73 bits per heavy atom. The molecule has 0 saturated heterocycles. The molecule has 1 heterocycles. The van der Waals surface area contributed by atoms with Gasteiger partial charge in [-0.1, -0.05) is 0 Å². The first kappa shape index (κ1) is 18.3. The van der Waals surface area contributed by atoms with Gasteiger partial charge in [0, 0.05) is 0 Å². The third kappa shape index (κ3) is 5.52. The predicted molar refractivity (Wildman–Crippen MR) is 104 cm³/mol. The van der Waals surface area contributed by atoms with Crippen molar-refractivity contribution in [1.82, 2.24) is 4.98 Å². The van der Waals surface area contributed by atoms with E-state index in [9.17, 15) is 0 Å². The van der Waals surface area contributed by atoms with Gasteiger partial charge in [0.05, 0.1) is 0 Å². The number of benzene rings is 1. The second kappa shape index (κ2) is 9.92. The summed E-state index contributed by atoms with van der Waals surface area (Å²) in [5.74, 6) is 0.653. The Balaban J connectivity index is 1.89. The van der Waals surface area contributed by atoms with Crippen LogP contribution in [0.2, 0.25) is 13.3 Å². The Bertz CT molecular complexity index is 510. The Hall–Kier alpha value is -0.0913. The van der Waals surface area contributed by atoms with E-state index >= 15 is 0 Å². The minimum atomic E-state index is -1.24. The number of hydrogen-bond acceptors (Lipinski definition) is 2. The number of hydrogen-bond donors (Lipinski definition) is 0. The summed E-state index contributed by atoms with van der Waals surface area (Å²) in [5.41, 5.74) is 1.19. The van der Waals surface area contributed by atoms with Crippen molar-refractivity contribution < 1.29 is 0 Å².